The molecule has 1 aliphatic rings. The molecule has 3 nitrogen and oxygen atoms in total. The summed E-state index contributed by atoms with van der Waals surface area (Å²) in [5, 5.41) is 11.6. The number of likely N-dealkylation sites (tertiary alicyclic amines) is 1. The summed E-state index contributed by atoms with van der Waals surface area (Å²) in [4.78, 5) is 14.2. The number of rotatable bonds is 2. The molecule has 0 radical (unpaired) electrons. The first-order valence-corrected chi connectivity index (χ1v) is 5.58. The van der Waals surface area contributed by atoms with Crippen molar-refractivity contribution < 1.29 is 9.90 Å². The summed E-state index contributed by atoms with van der Waals surface area (Å²) in [7, 11) is 0. The van der Waals surface area contributed by atoms with E-state index < -0.39 is 5.60 Å². The summed E-state index contributed by atoms with van der Waals surface area (Å²) in [6.45, 7) is 2.88. The van der Waals surface area contributed by atoms with Gasteiger partial charge in [-0.25, -0.2) is 0 Å². The smallest absolute Gasteiger partial charge is 0.264 e. The summed E-state index contributed by atoms with van der Waals surface area (Å²) in [6.07, 6.45) is 0.710. The molecule has 0 atom stereocenters. The summed E-state index contributed by atoms with van der Waals surface area (Å²) in [5.74, 6) is 0.0399. The predicted octanol–water partition coefficient (Wildman–Crippen LogP) is 1.35. The summed E-state index contributed by atoms with van der Waals surface area (Å²) < 4.78 is 0. The topological polar surface area (TPSA) is 40.5 Å². The molecule has 2 rings (SSSR count). The first-order valence-electron chi connectivity index (χ1n) is 4.70. The third kappa shape index (κ3) is 1.55. The van der Waals surface area contributed by atoms with Gasteiger partial charge in [-0.2, -0.15) is 0 Å². The molecular weight excluding hydrogens is 198 g/mol. The molecule has 76 valence electrons. The van der Waals surface area contributed by atoms with Crippen molar-refractivity contribution in [3.05, 3.63) is 22.4 Å². The highest BCUT2D eigenvalue weighted by atomic mass is 32.1. The number of aliphatic hydroxyl groups is 1. The largest absolute Gasteiger partial charge is 0.386 e. The Labute approximate surface area is 87.0 Å². The van der Waals surface area contributed by atoms with E-state index in [1.165, 1.54) is 11.3 Å². The molecule has 1 fully saturated rings. The van der Waals surface area contributed by atoms with Gasteiger partial charge in [0, 0.05) is 0 Å². The normalized spacial score (nSPS) is 19.1. The molecule has 14 heavy (non-hydrogen) atoms. The van der Waals surface area contributed by atoms with Gasteiger partial charge in [0.25, 0.3) is 5.91 Å². The highest BCUT2D eigenvalue weighted by Gasteiger charge is 2.42. The van der Waals surface area contributed by atoms with E-state index >= 15 is 0 Å². The van der Waals surface area contributed by atoms with Crippen LogP contribution < -0.4 is 0 Å². The molecule has 1 amide bonds. The molecule has 4 heteroatoms. The second-order valence-corrected chi connectivity index (χ2v) is 4.66. The van der Waals surface area contributed by atoms with Crippen molar-refractivity contribution >= 4 is 17.2 Å². The number of amides is 1. The molecule has 0 bridgehead atoms. The van der Waals surface area contributed by atoms with E-state index in [0.29, 0.717) is 19.5 Å². The van der Waals surface area contributed by atoms with Crippen molar-refractivity contribution in [3.63, 3.8) is 0 Å². The summed E-state index contributed by atoms with van der Waals surface area (Å²) in [6, 6.07) is 3.68. The Morgan fingerprint density at radius 3 is 2.93 bits per heavy atom. The minimum atomic E-state index is -0.632. The third-order valence-electron chi connectivity index (χ3n) is 2.65. The van der Waals surface area contributed by atoms with Crippen LogP contribution in [-0.4, -0.2) is 34.6 Å². The Kier molecular flexibility index (Phi) is 2.33. The van der Waals surface area contributed by atoms with Crippen LogP contribution in [-0.2, 0) is 0 Å². The van der Waals surface area contributed by atoms with Gasteiger partial charge in [0.2, 0.25) is 0 Å². The second-order valence-electron chi connectivity index (χ2n) is 3.72. The zero-order valence-corrected chi connectivity index (χ0v) is 8.88. The highest BCUT2D eigenvalue weighted by Crippen LogP contribution is 2.26. The fourth-order valence-electron chi connectivity index (χ4n) is 1.59. The number of nitrogens with zero attached hydrogens (tertiary/aromatic N) is 1. The van der Waals surface area contributed by atoms with Crippen molar-refractivity contribution in [3.8, 4) is 0 Å². The van der Waals surface area contributed by atoms with Crippen molar-refractivity contribution in [2.75, 3.05) is 13.1 Å². The Hall–Kier alpha value is -0.870. The zero-order chi connectivity index (χ0) is 10.2. The van der Waals surface area contributed by atoms with Crippen molar-refractivity contribution in [1.29, 1.82) is 0 Å². The molecule has 1 saturated heterocycles. The van der Waals surface area contributed by atoms with E-state index in [0.717, 1.165) is 4.88 Å². The van der Waals surface area contributed by atoms with Gasteiger partial charge in [-0.3, -0.25) is 4.79 Å². The van der Waals surface area contributed by atoms with E-state index in [9.17, 15) is 9.90 Å². The molecule has 0 aromatic carbocycles. The van der Waals surface area contributed by atoms with Gasteiger partial charge in [0.15, 0.2) is 0 Å². The van der Waals surface area contributed by atoms with Crippen molar-refractivity contribution in [1.82, 2.24) is 4.90 Å². The first kappa shape index (κ1) is 9.68. The number of thiophene rings is 1. The van der Waals surface area contributed by atoms with Crippen LogP contribution in [0.4, 0.5) is 0 Å². The van der Waals surface area contributed by atoms with Crippen molar-refractivity contribution in [2.24, 2.45) is 0 Å². The Morgan fingerprint density at radius 1 is 1.71 bits per heavy atom. The highest BCUT2D eigenvalue weighted by molar-refractivity contribution is 7.12. The molecule has 1 aromatic heterocycles. The Balaban J connectivity index is 1.98. The van der Waals surface area contributed by atoms with Gasteiger partial charge in [-0.15, -0.1) is 11.3 Å². The molecule has 0 unspecified atom stereocenters. The number of hydrogen-bond acceptors (Lipinski definition) is 3. The van der Waals surface area contributed by atoms with E-state index in [1.54, 1.807) is 4.90 Å². The molecule has 2 heterocycles. The lowest BCUT2D eigenvalue weighted by atomic mass is 9.91. The van der Waals surface area contributed by atoms with E-state index in [4.69, 9.17) is 0 Å². The van der Waals surface area contributed by atoms with Crippen LogP contribution in [0.5, 0.6) is 0 Å². The van der Waals surface area contributed by atoms with Gasteiger partial charge in [-0.1, -0.05) is 13.0 Å². The minimum absolute atomic E-state index is 0.0399. The molecule has 1 N–H and O–H groups in total. The summed E-state index contributed by atoms with van der Waals surface area (Å²) >= 11 is 1.44. The van der Waals surface area contributed by atoms with Crippen LogP contribution >= 0.6 is 11.3 Å². The fraction of sp³-hybridized carbons (Fsp3) is 0.500. The lowest BCUT2D eigenvalue weighted by molar-refractivity contribution is -0.0824. The van der Waals surface area contributed by atoms with Crippen LogP contribution in [0.25, 0.3) is 0 Å². The van der Waals surface area contributed by atoms with Crippen LogP contribution in [0, 0.1) is 0 Å². The molecule has 1 aliphatic heterocycles. The van der Waals surface area contributed by atoms with Crippen LogP contribution in [0.2, 0.25) is 0 Å². The van der Waals surface area contributed by atoms with Crippen LogP contribution in [0.3, 0.4) is 0 Å². The Bertz CT molecular complexity index is 328. The maximum atomic E-state index is 11.7. The van der Waals surface area contributed by atoms with Gasteiger partial charge >= 0.3 is 0 Å². The molecule has 0 spiro atoms. The van der Waals surface area contributed by atoms with Gasteiger partial charge in [-0.05, 0) is 17.9 Å². The van der Waals surface area contributed by atoms with Gasteiger partial charge < -0.3 is 10.0 Å². The van der Waals surface area contributed by atoms with Crippen LogP contribution in [0.15, 0.2) is 17.5 Å². The second kappa shape index (κ2) is 3.37. The average molecular weight is 211 g/mol. The standard InChI is InChI=1S/C10H13NO2S/c1-2-10(13)6-11(7-10)9(12)8-4-3-5-14-8/h3-5,13H,2,6-7H2,1H3. The zero-order valence-electron chi connectivity index (χ0n) is 8.06. The van der Waals surface area contributed by atoms with E-state index in [-0.39, 0.29) is 5.91 Å². The Morgan fingerprint density at radius 2 is 2.43 bits per heavy atom. The molecule has 1 aromatic rings. The number of carbonyl (C=O) groups excluding carboxylic acids is 1. The van der Waals surface area contributed by atoms with Gasteiger partial charge in [0.1, 0.15) is 0 Å². The molecular formula is C10H13NO2S. The molecule has 0 saturated carbocycles. The lowest BCUT2D eigenvalue weighted by Crippen LogP contribution is -2.63. The monoisotopic (exact) mass is 211 g/mol. The molecule has 0 aliphatic carbocycles. The first-order chi connectivity index (χ1) is 6.64. The third-order valence-corrected chi connectivity index (χ3v) is 3.51. The summed E-state index contributed by atoms with van der Waals surface area (Å²) in [5.41, 5.74) is -0.632. The number of β-amino-alcohol motifs (C(OH)–C–C–N with tert-alkyl or cyclic N) is 1. The van der Waals surface area contributed by atoms with Crippen molar-refractivity contribution in [2.45, 2.75) is 18.9 Å². The fourth-order valence-corrected chi connectivity index (χ4v) is 2.28. The van der Waals surface area contributed by atoms with Gasteiger partial charge in [0.05, 0.1) is 23.6 Å². The maximum Gasteiger partial charge on any atom is 0.264 e. The number of hydrogen-bond donors (Lipinski definition) is 1. The predicted molar refractivity (Wildman–Crippen MR) is 55.5 cm³/mol. The maximum absolute atomic E-state index is 11.7. The minimum Gasteiger partial charge on any atom is -0.386 e. The van der Waals surface area contributed by atoms with E-state index in [1.807, 2.05) is 24.4 Å². The van der Waals surface area contributed by atoms with Crippen LogP contribution in [0.1, 0.15) is 23.0 Å². The number of carbonyl (C=O) groups is 1. The lowest BCUT2D eigenvalue weighted by Gasteiger charge is -2.45. The average Bonchev–Trinajstić information content (AvgIpc) is 2.64. The quantitative estimate of drug-likeness (QED) is 0.802. The van der Waals surface area contributed by atoms with E-state index in [2.05, 4.69) is 0 Å². The SMILES string of the molecule is CCC1(O)CN(C(=O)c2cccs2)C1.